The highest BCUT2D eigenvalue weighted by atomic mass is 32.2. The van der Waals surface area contributed by atoms with Crippen molar-refractivity contribution in [2.24, 2.45) is 5.41 Å². The number of likely N-dealkylation sites (tertiary alicyclic amines) is 1. The van der Waals surface area contributed by atoms with Crippen molar-refractivity contribution in [1.29, 1.82) is 0 Å². The van der Waals surface area contributed by atoms with Crippen molar-refractivity contribution < 1.29 is 37.4 Å². The predicted molar refractivity (Wildman–Crippen MR) is 124 cm³/mol. The molecule has 2 aliphatic carbocycles. The zero-order valence-electron chi connectivity index (χ0n) is 20.4. The lowest BCUT2D eigenvalue weighted by molar-refractivity contribution is -0.145. The fourth-order valence-electron chi connectivity index (χ4n) is 3.97. The summed E-state index contributed by atoms with van der Waals surface area (Å²) in [6.45, 7) is 5.17. The Labute approximate surface area is 205 Å². The normalized spacial score (nSPS) is 23.6. The van der Waals surface area contributed by atoms with Gasteiger partial charge in [-0.25, -0.2) is 17.9 Å². The molecular weight excluding hydrogens is 480 g/mol. The number of nitrogens with one attached hydrogen (secondary N) is 2. The van der Waals surface area contributed by atoms with Gasteiger partial charge in [0.05, 0.1) is 18.5 Å². The van der Waals surface area contributed by atoms with E-state index >= 15 is 0 Å². The van der Waals surface area contributed by atoms with E-state index in [9.17, 15) is 32.7 Å². The Morgan fingerprint density at radius 1 is 1.14 bits per heavy atom. The molecule has 0 bridgehead atoms. The maximum absolute atomic E-state index is 13.5. The first-order chi connectivity index (χ1) is 16.2. The second-order valence-electron chi connectivity index (χ2n) is 10.3. The Morgan fingerprint density at radius 3 is 2.29 bits per heavy atom. The Bertz CT molecular complexity index is 997. The molecule has 2 saturated carbocycles. The van der Waals surface area contributed by atoms with Crippen molar-refractivity contribution in [3.05, 3.63) is 12.3 Å². The zero-order valence-corrected chi connectivity index (χ0v) is 21.2. The van der Waals surface area contributed by atoms with Gasteiger partial charge in [-0.3, -0.25) is 14.4 Å². The number of β-amino-alcohol motifs (C(OH)–C–C–N with tert-alkyl or cyclic N) is 1. The molecule has 3 fully saturated rings. The highest BCUT2D eigenvalue weighted by molar-refractivity contribution is 7.91. The van der Waals surface area contributed by atoms with Crippen LogP contribution in [0.1, 0.15) is 52.9 Å². The molecule has 12 nitrogen and oxygen atoms in total. The number of hydrogen-bond acceptors (Lipinski definition) is 8. The standard InChI is InChI=1S/C22H34N4O8S/c1-22(2,3)18(23-21(31)34-4)20(30)26-12-14(27)11-16(26)19(29)25(13-5-6-13)10-9-17(28)24-35(32,33)15-7-8-15/h9-10,13-16,18,27H,5-8,11-12H2,1-4H3,(H,23,31)(H,24,28). The van der Waals surface area contributed by atoms with Gasteiger partial charge < -0.3 is 25.0 Å². The van der Waals surface area contributed by atoms with Gasteiger partial charge in [0.15, 0.2) is 0 Å². The average molecular weight is 515 g/mol. The molecule has 3 unspecified atom stereocenters. The van der Waals surface area contributed by atoms with Crippen molar-refractivity contribution in [3.63, 3.8) is 0 Å². The fourth-order valence-corrected chi connectivity index (χ4v) is 5.24. The van der Waals surface area contributed by atoms with Crippen molar-refractivity contribution in [2.45, 2.75) is 82.4 Å². The number of carbonyl (C=O) groups is 4. The van der Waals surface area contributed by atoms with Crippen LogP contribution in [-0.2, 0) is 29.1 Å². The number of hydrogen-bond donors (Lipinski definition) is 3. The van der Waals surface area contributed by atoms with Gasteiger partial charge in [-0.1, -0.05) is 20.8 Å². The van der Waals surface area contributed by atoms with Crippen molar-refractivity contribution >= 4 is 33.8 Å². The van der Waals surface area contributed by atoms with Crippen LogP contribution in [0.5, 0.6) is 0 Å². The van der Waals surface area contributed by atoms with Gasteiger partial charge in [0, 0.05) is 31.3 Å². The number of alkyl carbamates (subject to hydrolysis) is 1. The highest BCUT2D eigenvalue weighted by Gasteiger charge is 2.47. The Balaban J connectivity index is 1.77. The number of carbonyl (C=O) groups excluding carboxylic acids is 4. The van der Waals surface area contributed by atoms with Gasteiger partial charge in [0.25, 0.3) is 5.91 Å². The van der Waals surface area contributed by atoms with Crippen LogP contribution in [0.25, 0.3) is 0 Å². The van der Waals surface area contributed by atoms with Gasteiger partial charge in [0.2, 0.25) is 21.8 Å². The number of ether oxygens (including phenoxy) is 1. The van der Waals surface area contributed by atoms with Crippen LogP contribution in [0.15, 0.2) is 12.3 Å². The summed E-state index contributed by atoms with van der Waals surface area (Å²) in [5, 5.41) is 12.2. The van der Waals surface area contributed by atoms with Crippen molar-refractivity contribution in [1.82, 2.24) is 19.8 Å². The first-order valence-corrected chi connectivity index (χ1v) is 13.2. The van der Waals surface area contributed by atoms with Gasteiger partial charge >= 0.3 is 6.09 Å². The maximum atomic E-state index is 13.5. The lowest BCUT2D eigenvalue weighted by Gasteiger charge is -2.35. The smallest absolute Gasteiger partial charge is 0.407 e. The summed E-state index contributed by atoms with van der Waals surface area (Å²) < 4.78 is 30.6. The lowest BCUT2D eigenvalue weighted by Crippen LogP contribution is -2.57. The van der Waals surface area contributed by atoms with Crippen LogP contribution in [0.2, 0.25) is 0 Å². The third-order valence-corrected chi connectivity index (χ3v) is 8.03. The van der Waals surface area contributed by atoms with Crippen LogP contribution in [0.4, 0.5) is 4.79 Å². The van der Waals surface area contributed by atoms with E-state index in [1.165, 1.54) is 23.1 Å². The fraction of sp³-hybridized carbons (Fsp3) is 0.727. The quantitative estimate of drug-likeness (QED) is 0.376. The van der Waals surface area contributed by atoms with Gasteiger partial charge in [-0.05, 0) is 31.1 Å². The third-order valence-electron chi connectivity index (χ3n) is 6.20. The maximum Gasteiger partial charge on any atom is 0.407 e. The summed E-state index contributed by atoms with van der Waals surface area (Å²) in [7, 11) is -2.54. The number of aliphatic hydroxyl groups is 1. The van der Waals surface area contributed by atoms with E-state index in [1.807, 2.05) is 4.72 Å². The second-order valence-corrected chi connectivity index (χ2v) is 12.3. The Hall–Kier alpha value is -2.67. The van der Waals surface area contributed by atoms with Crippen LogP contribution < -0.4 is 10.0 Å². The molecule has 3 atom stereocenters. The molecule has 0 aromatic rings. The molecule has 3 N–H and O–H groups in total. The van der Waals surface area contributed by atoms with Gasteiger partial charge in [0.1, 0.15) is 12.1 Å². The summed E-state index contributed by atoms with van der Waals surface area (Å²) in [6, 6.07) is -2.21. The number of rotatable bonds is 8. The topological polar surface area (TPSA) is 162 Å². The zero-order chi connectivity index (χ0) is 26.1. The van der Waals surface area contributed by atoms with Gasteiger partial charge in [-0.2, -0.15) is 0 Å². The van der Waals surface area contributed by atoms with Crippen LogP contribution in [-0.4, -0.2) is 90.3 Å². The minimum atomic E-state index is -3.72. The second kappa shape index (κ2) is 10.1. The minimum absolute atomic E-state index is 0.00102. The van der Waals surface area contributed by atoms with E-state index in [0.29, 0.717) is 25.7 Å². The number of sulfonamides is 1. The largest absolute Gasteiger partial charge is 0.453 e. The molecule has 0 aromatic heterocycles. The minimum Gasteiger partial charge on any atom is -0.453 e. The summed E-state index contributed by atoms with van der Waals surface area (Å²) in [6.07, 6.45) is 2.88. The van der Waals surface area contributed by atoms with E-state index in [1.54, 1.807) is 20.8 Å². The van der Waals surface area contributed by atoms with Crippen molar-refractivity contribution in [3.8, 4) is 0 Å². The molecule has 0 spiro atoms. The first kappa shape index (κ1) is 26.9. The summed E-state index contributed by atoms with van der Waals surface area (Å²) in [5.41, 5.74) is -0.715. The molecule has 1 saturated heterocycles. The SMILES string of the molecule is COC(=O)NC(C(=O)N1CC(O)CC1C(=O)N(C=CC(=O)NS(=O)(=O)C1CC1)C1CC1)C(C)(C)C. The molecule has 0 aromatic carbocycles. The van der Waals surface area contributed by atoms with Crippen LogP contribution in [0, 0.1) is 5.41 Å². The van der Waals surface area contributed by atoms with E-state index in [-0.39, 0.29) is 19.0 Å². The summed E-state index contributed by atoms with van der Waals surface area (Å²) in [4.78, 5) is 53.5. The van der Waals surface area contributed by atoms with E-state index in [4.69, 9.17) is 0 Å². The lowest BCUT2D eigenvalue weighted by atomic mass is 9.85. The van der Waals surface area contributed by atoms with Gasteiger partial charge in [-0.15, -0.1) is 0 Å². The molecule has 196 valence electrons. The molecule has 13 heteroatoms. The van der Waals surface area contributed by atoms with Crippen LogP contribution in [0.3, 0.4) is 0 Å². The molecule has 35 heavy (non-hydrogen) atoms. The van der Waals surface area contributed by atoms with Crippen molar-refractivity contribution in [2.75, 3.05) is 13.7 Å². The molecule has 3 rings (SSSR count). The molecule has 4 amide bonds. The Kier molecular flexibility index (Phi) is 7.80. The van der Waals surface area contributed by atoms with E-state index in [2.05, 4.69) is 10.1 Å². The molecule has 0 radical (unpaired) electrons. The highest BCUT2D eigenvalue weighted by Crippen LogP contribution is 2.32. The first-order valence-electron chi connectivity index (χ1n) is 11.6. The summed E-state index contributed by atoms with van der Waals surface area (Å²) in [5.74, 6) is -1.88. The van der Waals surface area contributed by atoms with Crippen LogP contribution >= 0.6 is 0 Å². The summed E-state index contributed by atoms with van der Waals surface area (Å²) >= 11 is 0. The Morgan fingerprint density at radius 2 is 1.77 bits per heavy atom. The number of amides is 4. The van der Waals surface area contributed by atoms with E-state index in [0.717, 1.165) is 6.08 Å². The predicted octanol–water partition coefficient (Wildman–Crippen LogP) is -0.168. The number of methoxy groups -OCH3 is 1. The number of aliphatic hydroxyl groups excluding tert-OH is 1. The third kappa shape index (κ3) is 6.72. The average Bonchev–Trinajstić information content (AvgIpc) is 3.67. The number of nitrogens with zero attached hydrogens (tertiary/aromatic N) is 2. The monoisotopic (exact) mass is 514 g/mol. The molecule has 3 aliphatic rings. The van der Waals surface area contributed by atoms with E-state index < -0.39 is 62.7 Å². The molecule has 1 heterocycles. The molecular formula is C22H34N4O8S. The molecule has 1 aliphatic heterocycles.